The van der Waals surface area contributed by atoms with E-state index in [-0.39, 0.29) is 0 Å². The second-order valence-electron chi connectivity index (χ2n) is 5.09. The molecule has 1 N–H and O–H groups in total. The third kappa shape index (κ3) is 2.72. The molecule has 0 spiro atoms. The SMILES string of the molecule is CCCCNc1nn(C)c2ncc(-c3cccnc3)cc12. The molecule has 0 amide bonds. The number of nitrogens with one attached hydrogen (secondary N) is 1. The highest BCUT2D eigenvalue weighted by atomic mass is 15.3. The van der Waals surface area contributed by atoms with Gasteiger partial charge in [0.15, 0.2) is 11.5 Å². The maximum atomic E-state index is 4.54. The summed E-state index contributed by atoms with van der Waals surface area (Å²) in [4.78, 5) is 8.70. The highest BCUT2D eigenvalue weighted by Crippen LogP contribution is 2.26. The van der Waals surface area contributed by atoms with Crippen LogP contribution in [-0.2, 0) is 7.05 Å². The maximum absolute atomic E-state index is 4.54. The van der Waals surface area contributed by atoms with Gasteiger partial charge >= 0.3 is 0 Å². The van der Waals surface area contributed by atoms with E-state index in [4.69, 9.17) is 0 Å². The van der Waals surface area contributed by atoms with Gasteiger partial charge in [-0.05, 0) is 18.6 Å². The molecule has 21 heavy (non-hydrogen) atoms. The van der Waals surface area contributed by atoms with E-state index in [0.29, 0.717) is 0 Å². The van der Waals surface area contributed by atoms with Gasteiger partial charge < -0.3 is 5.32 Å². The molecule has 3 rings (SSSR count). The van der Waals surface area contributed by atoms with Gasteiger partial charge in [-0.15, -0.1) is 0 Å². The zero-order chi connectivity index (χ0) is 14.7. The van der Waals surface area contributed by atoms with E-state index in [1.165, 1.54) is 0 Å². The fourth-order valence-corrected chi connectivity index (χ4v) is 2.35. The second-order valence-corrected chi connectivity index (χ2v) is 5.09. The summed E-state index contributed by atoms with van der Waals surface area (Å²) in [5.41, 5.74) is 3.01. The van der Waals surface area contributed by atoms with Crippen molar-refractivity contribution in [2.45, 2.75) is 19.8 Å². The molecule has 108 valence electrons. The van der Waals surface area contributed by atoms with Crippen LogP contribution in [0.2, 0.25) is 0 Å². The Morgan fingerprint density at radius 2 is 2.14 bits per heavy atom. The van der Waals surface area contributed by atoms with Crippen molar-refractivity contribution in [1.29, 1.82) is 0 Å². The number of nitrogens with zero attached hydrogens (tertiary/aromatic N) is 4. The first-order valence-corrected chi connectivity index (χ1v) is 7.26. The van der Waals surface area contributed by atoms with E-state index < -0.39 is 0 Å². The van der Waals surface area contributed by atoms with Gasteiger partial charge in [0.25, 0.3) is 0 Å². The van der Waals surface area contributed by atoms with Crippen LogP contribution in [0.25, 0.3) is 22.2 Å². The summed E-state index contributed by atoms with van der Waals surface area (Å²) in [6, 6.07) is 6.10. The van der Waals surface area contributed by atoms with E-state index in [0.717, 1.165) is 47.4 Å². The Hall–Kier alpha value is -2.43. The number of unbranched alkanes of at least 4 members (excludes halogenated alkanes) is 1. The molecule has 3 aromatic heterocycles. The minimum absolute atomic E-state index is 0.890. The molecule has 0 aliphatic carbocycles. The van der Waals surface area contributed by atoms with Crippen LogP contribution in [0.3, 0.4) is 0 Å². The van der Waals surface area contributed by atoms with Crippen molar-refractivity contribution in [1.82, 2.24) is 19.7 Å². The fourth-order valence-electron chi connectivity index (χ4n) is 2.35. The quantitative estimate of drug-likeness (QED) is 0.729. The highest BCUT2D eigenvalue weighted by molar-refractivity contribution is 5.90. The predicted molar refractivity (Wildman–Crippen MR) is 85.1 cm³/mol. The summed E-state index contributed by atoms with van der Waals surface area (Å²) in [6.45, 7) is 3.11. The number of aryl methyl sites for hydroxylation is 1. The molecule has 3 heterocycles. The molecule has 0 saturated heterocycles. The van der Waals surface area contributed by atoms with Crippen molar-refractivity contribution >= 4 is 16.9 Å². The van der Waals surface area contributed by atoms with Gasteiger partial charge in [-0.3, -0.25) is 4.98 Å². The standard InChI is InChI=1S/C16H19N5/c1-3-4-8-18-15-14-9-13(12-6-5-7-17-10-12)11-19-16(14)21(2)20-15/h5-7,9-11H,3-4,8H2,1-2H3,(H,18,20). The summed E-state index contributed by atoms with van der Waals surface area (Å²) < 4.78 is 1.82. The average molecular weight is 281 g/mol. The fraction of sp³-hybridized carbons (Fsp3) is 0.312. The summed E-state index contributed by atoms with van der Waals surface area (Å²) in [5.74, 6) is 0.902. The first kappa shape index (κ1) is 13.5. The summed E-state index contributed by atoms with van der Waals surface area (Å²) >= 11 is 0. The monoisotopic (exact) mass is 281 g/mol. The number of anilines is 1. The van der Waals surface area contributed by atoms with Gasteiger partial charge in [0.1, 0.15) is 0 Å². The number of pyridine rings is 2. The summed E-state index contributed by atoms with van der Waals surface area (Å²) in [7, 11) is 1.92. The van der Waals surface area contributed by atoms with Gasteiger partial charge in [0, 0.05) is 43.3 Å². The molecule has 0 aliphatic rings. The molecule has 5 nitrogen and oxygen atoms in total. The molecule has 0 saturated carbocycles. The molecule has 0 fully saturated rings. The van der Waals surface area contributed by atoms with Crippen LogP contribution in [0.4, 0.5) is 5.82 Å². The van der Waals surface area contributed by atoms with E-state index in [2.05, 4.69) is 33.4 Å². The van der Waals surface area contributed by atoms with Gasteiger partial charge in [-0.25, -0.2) is 9.67 Å². The first-order chi connectivity index (χ1) is 10.3. The van der Waals surface area contributed by atoms with Crippen molar-refractivity contribution in [2.75, 3.05) is 11.9 Å². The van der Waals surface area contributed by atoms with Crippen molar-refractivity contribution in [3.8, 4) is 11.1 Å². The lowest BCUT2D eigenvalue weighted by Gasteiger charge is -2.03. The minimum Gasteiger partial charge on any atom is -0.368 e. The van der Waals surface area contributed by atoms with Crippen LogP contribution < -0.4 is 5.32 Å². The predicted octanol–water partition coefficient (Wildman–Crippen LogP) is 3.24. The van der Waals surface area contributed by atoms with Crippen molar-refractivity contribution in [2.24, 2.45) is 7.05 Å². The largest absolute Gasteiger partial charge is 0.368 e. The topological polar surface area (TPSA) is 55.6 Å². The number of fused-ring (bicyclic) bond motifs is 1. The van der Waals surface area contributed by atoms with Crippen molar-refractivity contribution < 1.29 is 0 Å². The molecule has 0 radical (unpaired) electrons. The van der Waals surface area contributed by atoms with E-state index in [1.807, 2.05) is 36.3 Å². The maximum Gasteiger partial charge on any atom is 0.159 e. The Kier molecular flexibility index (Phi) is 3.81. The molecule has 0 bridgehead atoms. The molecule has 0 aromatic carbocycles. The van der Waals surface area contributed by atoms with Crippen LogP contribution in [0.5, 0.6) is 0 Å². The lowest BCUT2D eigenvalue weighted by Crippen LogP contribution is -2.02. The summed E-state index contributed by atoms with van der Waals surface area (Å²) in [5, 5.41) is 8.98. The van der Waals surface area contributed by atoms with Crippen LogP contribution >= 0.6 is 0 Å². The average Bonchev–Trinajstić information content (AvgIpc) is 2.84. The summed E-state index contributed by atoms with van der Waals surface area (Å²) in [6.07, 6.45) is 7.79. The molecular weight excluding hydrogens is 262 g/mol. The normalized spacial score (nSPS) is 11.0. The Morgan fingerprint density at radius 1 is 1.24 bits per heavy atom. The van der Waals surface area contributed by atoms with Gasteiger partial charge in [-0.2, -0.15) is 5.10 Å². The molecule has 0 atom stereocenters. The lowest BCUT2D eigenvalue weighted by atomic mass is 10.1. The molecule has 5 heteroatoms. The van der Waals surface area contributed by atoms with Gasteiger partial charge in [0.2, 0.25) is 0 Å². The zero-order valence-corrected chi connectivity index (χ0v) is 12.4. The molecule has 0 aliphatic heterocycles. The Morgan fingerprint density at radius 3 is 2.90 bits per heavy atom. The van der Waals surface area contributed by atoms with Crippen LogP contribution in [0.1, 0.15) is 19.8 Å². The lowest BCUT2D eigenvalue weighted by molar-refractivity contribution is 0.778. The van der Waals surface area contributed by atoms with E-state index in [1.54, 1.807) is 6.20 Å². The van der Waals surface area contributed by atoms with E-state index in [9.17, 15) is 0 Å². The Balaban J connectivity index is 2.01. The van der Waals surface area contributed by atoms with Crippen LogP contribution in [-0.4, -0.2) is 26.3 Å². The smallest absolute Gasteiger partial charge is 0.159 e. The highest BCUT2D eigenvalue weighted by Gasteiger charge is 2.10. The number of rotatable bonds is 5. The molecule has 3 aromatic rings. The van der Waals surface area contributed by atoms with Crippen LogP contribution in [0.15, 0.2) is 36.8 Å². The minimum atomic E-state index is 0.890. The molecular formula is C16H19N5. The Bertz CT molecular complexity index is 733. The zero-order valence-electron chi connectivity index (χ0n) is 12.4. The van der Waals surface area contributed by atoms with Crippen LogP contribution in [0, 0.1) is 0 Å². The van der Waals surface area contributed by atoms with Gasteiger partial charge in [-0.1, -0.05) is 19.4 Å². The van der Waals surface area contributed by atoms with Crippen molar-refractivity contribution in [3.05, 3.63) is 36.8 Å². The third-order valence-corrected chi connectivity index (χ3v) is 3.50. The first-order valence-electron chi connectivity index (χ1n) is 7.26. The molecule has 0 unspecified atom stereocenters. The number of hydrogen-bond acceptors (Lipinski definition) is 4. The van der Waals surface area contributed by atoms with Crippen molar-refractivity contribution in [3.63, 3.8) is 0 Å². The van der Waals surface area contributed by atoms with Gasteiger partial charge in [0.05, 0.1) is 5.39 Å². The Labute approximate surface area is 124 Å². The van der Waals surface area contributed by atoms with E-state index >= 15 is 0 Å². The number of hydrogen-bond donors (Lipinski definition) is 1. The second kappa shape index (κ2) is 5.91. The third-order valence-electron chi connectivity index (χ3n) is 3.50. The number of aromatic nitrogens is 4.